The van der Waals surface area contributed by atoms with E-state index in [1.807, 2.05) is 0 Å². The largest absolute Gasteiger partial charge is 0.480 e. The van der Waals surface area contributed by atoms with Crippen LogP contribution in [0, 0.1) is 0 Å². The van der Waals surface area contributed by atoms with Gasteiger partial charge < -0.3 is 25.2 Å². The number of carboxylic acids is 1. The van der Waals surface area contributed by atoms with Crippen LogP contribution in [0.3, 0.4) is 0 Å². The molecule has 0 aromatic heterocycles. The van der Waals surface area contributed by atoms with Gasteiger partial charge in [-0.05, 0) is 38.5 Å². The first-order valence-corrected chi connectivity index (χ1v) is 22.7. The maximum Gasteiger partial charge on any atom is 0.472 e. The van der Waals surface area contributed by atoms with Gasteiger partial charge in [0.25, 0.3) is 0 Å². The predicted octanol–water partition coefficient (Wildman–Crippen LogP) is 10.9. The van der Waals surface area contributed by atoms with Crippen molar-refractivity contribution in [3.8, 4) is 0 Å². The number of rotatable bonds is 40. The Morgan fingerprint density at radius 3 is 1.40 bits per heavy atom. The van der Waals surface area contributed by atoms with Crippen LogP contribution < -0.4 is 5.73 Å². The van der Waals surface area contributed by atoms with E-state index in [1.54, 1.807) is 0 Å². The van der Waals surface area contributed by atoms with Crippen molar-refractivity contribution in [3.63, 3.8) is 0 Å². The molecule has 0 radical (unpaired) electrons. The zero-order chi connectivity index (χ0) is 39.3. The SMILES string of the molecule is CCCCCC/C=C\CCCCCCCC(=O)O[C@H](COC(=O)CCCCCCCCCCCCCCCCCC)COP(=O)(O)OC[C@H](N)C(=O)O. The first kappa shape index (κ1) is 51.2. The molecule has 0 aromatic rings. The number of allylic oxidation sites excluding steroid dienone is 2. The van der Waals surface area contributed by atoms with Crippen molar-refractivity contribution in [1.82, 2.24) is 0 Å². The average molecular weight is 776 g/mol. The Balaban J connectivity index is 4.35. The molecular formula is C41H78NO10P. The summed E-state index contributed by atoms with van der Waals surface area (Å²) in [4.78, 5) is 45.9. The van der Waals surface area contributed by atoms with Gasteiger partial charge in [-0.3, -0.25) is 23.4 Å². The van der Waals surface area contributed by atoms with E-state index in [0.29, 0.717) is 12.8 Å². The van der Waals surface area contributed by atoms with Gasteiger partial charge in [0.2, 0.25) is 0 Å². The molecule has 4 N–H and O–H groups in total. The van der Waals surface area contributed by atoms with E-state index in [4.69, 9.17) is 24.8 Å². The van der Waals surface area contributed by atoms with E-state index in [-0.39, 0.29) is 19.4 Å². The van der Waals surface area contributed by atoms with E-state index in [2.05, 4.69) is 30.5 Å². The van der Waals surface area contributed by atoms with Crippen LogP contribution in [0.1, 0.15) is 200 Å². The highest BCUT2D eigenvalue weighted by Crippen LogP contribution is 2.43. The monoisotopic (exact) mass is 776 g/mol. The second kappa shape index (κ2) is 37.2. The third-order valence-corrected chi connectivity index (χ3v) is 10.2. The minimum Gasteiger partial charge on any atom is -0.480 e. The molecule has 0 saturated heterocycles. The highest BCUT2D eigenvalue weighted by molar-refractivity contribution is 7.47. The molecule has 0 spiro atoms. The Kier molecular flexibility index (Phi) is 35.9. The Hall–Kier alpha value is -1.78. The van der Waals surface area contributed by atoms with Gasteiger partial charge in [0, 0.05) is 12.8 Å². The maximum atomic E-state index is 12.6. The smallest absolute Gasteiger partial charge is 0.472 e. The van der Waals surface area contributed by atoms with E-state index in [0.717, 1.165) is 57.8 Å². The fourth-order valence-electron chi connectivity index (χ4n) is 5.88. The van der Waals surface area contributed by atoms with Crippen molar-refractivity contribution in [2.75, 3.05) is 19.8 Å². The van der Waals surface area contributed by atoms with Crippen LogP contribution >= 0.6 is 7.82 Å². The van der Waals surface area contributed by atoms with E-state index >= 15 is 0 Å². The Morgan fingerprint density at radius 2 is 0.943 bits per heavy atom. The quantitative estimate of drug-likeness (QED) is 0.0234. The number of carbonyl (C=O) groups is 3. The number of esters is 2. The van der Waals surface area contributed by atoms with Crippen molar-refractivity contribution in [3.05, 3.63) is 12.2 Å². The molecule has 0 aromatic carbocycles. The van der Waals surface area contributed by atoms with Crippen LogP contribution in [0.15, 0.2) is 12.2 Å². The summed E-state index contributed by atoms with van der Waals surface area (Å²) >= 11 is 0. The van der Waals surface area contributed by atoms with Crippen LogP contribution in [0.2, 0.25) is 0 Å². The molecule has 0 aliphatic heterocycles. The zero-order valence-corrected chi connectivity index (χ0v) is 34.5. The summed E-state index contributed by atoms with van der Waals surface area (Å²) in [5.74, 6) is -2.38. The summed E-state index contributed by atoms with van der Waals surface area (Å²) in [6.07, 6.45) is 35.6. The van der Waals surface area contributed by atoms with Gasteiger partial charge in [-0.15, -0.1) is 0 Å². The molecule has 0 amide bonds. The molecule has 12 heteroatoms. The lowest BCUT2D eigenvalue weighted by Crippen LogP contribution is -2.34. The molecule has 3 atom stereocenters. The van der Waals surface area contributed by atoms with Crippen molar-refractivity contribution in [2.45, 2.75) is 212 Å². The zero-order valence-electron chi connectivity index (χ0n) is 33.6. The lowest BCUT2D eigenvalue weighted by Gasteiger charge is -2.20. The molecule has 0 fully saturated rings. The average Bonchev–Trinajstić information content (AvgIpc) is 3.13. The lowest BCUT2D eigenvalue weighted by molar-refractivity contribution is -0.161. The fraction of sp³-hybridized carbons (Fsp3) is 0.878. The van der Waals surface area contributed by atoms with Gasteiger partial charge in [-0.25, -0.2) is 4.57 Å². The number of nitrogens with two attached hydrogens (primary N) is 1. The standard InChI is InChI=1S/C41H78NO10P/c1-3-5-7-9-11-13-15-17-18-19-21-22-24-26-28-30-32-39(43)49-34-37(35-50-53(47,48)51-36-38(42)41(45)46)52-40(44)33-31-29-27-25-23-20-16-14-12-10-8-6-4-2/h14,16,37-38H,3-13,15,17-36,42H2,1-2H3,(H,45,46)(H,47,48)/b16-14-/t37-,38+/m1/s1. The second-order valence-corrected chi connectivity index (χ2v) is 15.9. The fourth-order valence-corrected chi connectivity index (χ4v) is 6.66. The number of carboxylic acid groups (broad SMARTS) is 1. The summed E-state index contributed by atoms with van der Waals surface area (Å²) < 4.78 is 32.6. The van der Waals surface area contributed by atoms with Crippen molar-refractivity contribution in [2.24, 2.45) is 5.73 Å². The maximum absolute atomic E-state index is 12.6. The van der Waals surface area contributed by atoms with Crippen molar-refractivity contribution >= 4 is 25.7 Å². The molecule has 0 bridgehead atoms. The molecular weight excluding hydrogens is 697 g/mol. The Bertz CT molecular complexity index is 963. The predicted molar refractivity (Wildman–Crippen MR) is 213 cm³/mol. The number of carbonyl (C=O) groups excluding carboxylic acids is 2. The molecule has 11 nitrogen and oxygen atoms in total. The number of unbranched alkanes of at least 4 members (excludes halogenated alkanes) is 24. The molecule has 0 aliphatic rings. The summed E-state index contributed by atoms with van der Waals surface area (Å²) in [5.41, 5.74) is 5.33. The Labute approximate surface area is 322 Å². The molecule has 312 valence electrons. The molecule has 0 heterocycles. The summed E-state index contributed by atoms with van der Waals surface area (Å²) in [6, 6.07) is -1.52. The first-order valence-electron chi connectivity index (χ1n) is 21.2. The third kappa shape index (κ3) is 36.9. The van der Waals surface area contributed by atoms with Gasteiger partial charge >= 0.3 is 25.7 Å². The van der Waals surface area contributed by atoms with Crippen LogP contribution in [-0.2, 0) is 37.5 Å². The number of aliphatic carboxylic acids is 1. The first-order chi connectivity index (χ1) is 25.6. The van der Waals surface area contributed by atoms with Crippen molar-refractivity contribution in [1.29, 1.82) is 0 Å². The molecule has 1 unspecified atom stereocenters. The third-order valence-electron chi connectivity index (χ3n) is 9.26. The second-order valence-electron chi connectivity index (χ2n) is 14.5. The highest BCUT2D eigenvalue weighted by atomic mass is 31.2. The summed E-state index contributed by atoms with van der Waals surface area (Å²) in [5, 5.41) is 8.87. The van der Waals surface area contributed by atoms with Gasteiger partial charge in [0.05, 0.1) is 13.2 Å². The highest BCUT2D eigenvalue weighted by Gasteiger charge is 2.28. The van der Waals surface area contributed by atoms with E-state index in [1.165, 1.54) is 103 Å². The number of phosphoric ester groups is 1. The number of ether oxygens (including phenoxy) is 2. The minimum absolute atomic E-state index is 0.155. The van der Waals surface area contributed by atoms with Gasteiger partial charge in [-0.2, -0.15) is 0 Å². The number of phosphoric acid groups is 1. The van der Waals surface area contributed by atoms with Crippen LogP contribution in [0.5, 0.6) is 0 Å². The molecule has 0 aliphatic carbocycles. The molecule has 0 saturated carbocycles. The lowest BCUT2D eigenvalue weighted by atomic mass is 10.0. The summed E-state index contributed by atoms with van der Waals surface area (Å²) in [7, 11) is -4.71. The summed E-state index contributed by atoms with van der Waals surface area (Å²) in [6.45, 7) is 2.79. The number of hydrogen-bond donors (Lipinski definition) is 3. The van der Waals surface area contributed by atoms with Gasteiger partial charge in [0.1, 0.15) is 12.6 Å². The topological polar surface area (TPSA) is 172 Å². The van der Waals surface area contributed by atoms with Gasteiger partial charge in [-0.1, -0.05) is 161 Å². The Morgan fingerprint density at radius 1 is 0.566 bits per heavy atom. The normalized spacial score (nSPS) is 13.9. The van der Waals surface area contributed by atoms with E-state index in [9.17, 15) is 23.8 Å². The van der Waals surface area contributed by atoms with Crippen LogP contribution in [0.25, 0.3) is 0 Å². The van der Waals surface area contributed by atoms with Crippen LogP contribution in [-0.4, -0.2) is 59.9 Å². The van der Waals surface area contributed by atoms with E-state index < -0.39 is 51.1 Å². The molecule has 53 heavy (non-hydrogen) atoms. The molecule has 0 rings (SSSR count). The van der Waals surface area contributed by atoms with Crippen LogP contribution in [0.4, 0.5) is 0 Å². The van der Waals surface area contributed by atoms with Gasteiger partial charge in [0.15, 0.2) is 6.10 Å². The number of hydrogen-bond acceptors (Lipinski definition) is 9. The van der Waals surface area contributed by atoms with Crippen molar-refractivity contribution < 1.29 is 47.5 Å². The minimum atomic E-state index is -4.71.